The number of amides is 1. The van der Waals surface area contributed by atoms with E-state index < -0.39 is 0 Å². The third-order valence-electron chi connectivity index (χ3n) is 4.27. The van der Waals surface area contributed by atoms with Gasteiger partial charge in [-0.05, 0) is 43.3 Å². The van der Waals surface area contributed by atoms with Crippen LogP contribution in [0.5, 0.6) is 11.5 Å². The zero-order chi connectivity index (χ0) is 20.8. The van der Waals surface area contributed by atoms with Gasteiger partial charge in [-0.2, -0.15) is 0 Å². The van der Waals surface area contributed by atoms with E-state index in [4.69, 9.17) is 4.74 Å². The lowest BCUT2D eigenvalue weighted by Gasteiger charge is -2.12. The van der Waals surface area contributed by atoms with E-state index >= 15 is 0 Å². The highest BCUT2D eigenvalue weighted by Crippen LogP contribution is 2.29. The molecule has 1 amide bonds. The molecule has 1 N–H and O–H groups in total. The summed E-state index contributed by atoms with van der Waals surface area (Å²) in [6.07, 6.45) is 0. The molecular formula is C23H20N4O2S. The van der Waals surface area contributed by atoms with E-state index in [1.54, 1.807) is 0 Å². The molecule has 30 heavy (non-hydrogen) atoms. The van der Waals surface area contributed by atoms with Crippen molar-refractivity contribution in [3.8, 4) is 17.2 Å². The Morgan fingerprint density at radius 1 is 0.933 bits per heavy atom. The van der Waals surface area contributed by atoms with Crippen molar-refractivity contribution < 1.29 is 9.53 Å². The molecule has 1 aromatic heterocycles. The number of rotatable bonds is 7. The molecule has 0 aliphatic rings. The van der Waals surface area contributed by atoms with Gasteiger partial charge in [0, 0.05) is 5.69 Å². The van der Waals surface area contributed by atoms with Crippen molar-refractivity contribution in [2.24, 2.45) is 0 Å². The van der Waals surface area contributed by atoms with Gasteiger partial charge >= 0.3 is 0 Å². The smallest absolute Gasteiger partial charge is 0.234 e. The predicted molar refractivity (Wildman–Crippen MR) is 118 cm³/mol. The van der Waals surface area contributed by atoms with Gasteiger partial charge in [-0.1, -0.05) is 60.3 Å². The van der Waals surface area contributed by atoms with Crippen molar-refractivity contribution in [2.75, 3.05) is 11.1 Å². The summed E-state index contributed by atoms with van der Waals surface area (Å²) in [5.41, 5.74) is 1.58. The number of nitrogens with one attached hydrogen (secondary N) is 1. The van der Waals surface area contributed by atoms with Gasteiger partial charge < -0.3 is 10.1 Å². The first-order valence-corrected chi connectivity index (χ1v) is 10.4. The van der Waals surface area contributed by atoms with Crippen molar-refractivity contribution in [2.45, 2.75) is 12.1 Å². The Morgan fingerprint density at radius 3 is 2.37 bits per heavy atom. The van der Waals surface area contributed by atoms with Gasteiger partial charge in [-0.3, -0.25) is 9.36 Å². The minimum Gasteiger partial charge on any atom is -0.455 e. The summed E-state index contributed by atoms with van der Waals surface area (Å²) in [5.74, 6) is 2.12. The Balaban J connectivity index is 1.43. The Hall–Kier alpha value is -3.58. The van der Waals surface area contributed by atoms with Gasteiger partial charge in [-0.25, -0.2) is 0 Å². The number of hydrogen-bond acceptors (Lipinski definition) is 5. The number of benzene rings is 3. The zero-order valence-corrected chi connectivity index (χ0v) is 17.2. The van der Waals surface area contributed by atoms with Gasteiger partial charge in [0.2, 0.25) is 5.91 Å². The Kier molecular flexibility index (Phi) is 6.10. The second-order valence-corrected chi connectivity index (χ2v) is 7.39. The van der Waals surface area contributed by atoms with E-state index in [0.717, 1.165) is 11.5 Å². The molecule has 7 heteroatoms. The SMILES string of the molecule is Cc1nnc(SCC(=O)Nc2ccccc2Oc2ccccc2)n1-c1ccccc1. The monoisotopic (exact) mass is 416 g/mol. The maximum absolute atomic E-state index is 12.6. The summed E-state index contributed by atoms with van der Waals surface area (Å²) in [5, 5.41) is 12.0. The van der Waals surface area contributed by atoms with Crippen LogP contribution in [0.2, 0.25) is 0 Å². The molecule has 0 saturated heterocycles. The number of carbonyl (C=O) groups is 1. The average molecular weight is 417 g/mol. The van der Waals surface area contributed by atoms with Gasteiger partial charge in [-0.15, -0.1) is 10.2 Å². The fraction of sp³-hybridized carbons (Fsp3) is 0.0870. The molecule has 0 saturated carbocycles. The van der Waals surface area contributed by atoms with E-state index in [9.17, 15) is 4.79 Å². The van der Waals surface area contributed by atoms with Crippen molar-refractivity contribution in [1.82, 2.24) is 14.8 Å². The topological polar surface area (TPSA) is 69.0 Å². The van der Waals surface area contributed by atoms with E-state index in [-0.39, 0.29) is 11.7 Å². The first-order valence-electron chi connectivity index (χ1n) is 9.43. The standard InChI is InChI=1S/C23H20N4O2S/c1-17-25-26-23(27(17)18-10-4-2-5-11-18)30-16-22(28)24-20-14-8-9-15-21(20)29-19-12-6-3-7-13-19/h2-15H,16H2,1H3,(H,24,28). The minimum absolute atomic E-state index is 0.149. The lowest BCUT2D eigenvalue weighted by Crippen LogP contribution is -2.15. The number of nitrogens with zero attached hydrogens (tertiary/aromatic N) is 3. The highest BCUT2D eigenvalue weighted by molar-refractivity contribution is 7.99. The molecule has 0 bridgehead atoms. The van der Waals surface area contributed by atoms with Gasteiger partial charge in [0.1, 0.15) is 11.6 Å². The van der Waals surface area contributed by atoms with Gasteiger partial charge in [0.25, 0.3) is 0 Å². The second kappa shape index (κ2) is 9.28. The Bertz CT molecular complexity index is 1130. The van der Waals surface area contributed by atoms with E-state index in [2.05, 4.69) is 15.5 Å². The number of thioether (sulfide) groups is 1. The van der Waals surface area contributed by atoms with Crippen LogP contribution in [-0.4, -0.2) is 26.4 Å². The zero-order valence-electron chi connectivity index (χ0n) is 16.4. The van der Waals surface area contributed by atoms with Crippen LogP contribution in [0.1, 0.15) is 5.82 Å². The third kappa shape index (κ3) is 4.69. The summed E-state index contributed by atoms with van der Waals surface area (Å²) < 4.78 is 7.84. The molecule has 0 atom stereocenters. The number of anilines is 1. The summed E-state index contributed by atoms with van der Waals surface area (Å²) in [7, 11) is 0. The van der Waals surface area contributed by atoms with Crippen LogP contribution >= 0.6 is 11.8 Å². The molecule has 4 aromatic rings. The van der Waals surface area contributed by atoms with Crippen molar-refractivity contribution >= 4 is 23.4 Å². The third-order valence-corrected chi connectivity index (χ3v) is 5.20. The largest absolute Gasteiger partial charge is 0.455 e. The molecule has 1 heterocycles. The summed E-state index contributed by atoms with van der Waals surface area (Å²) >= 11 is 1.34. The summed E-state index contributed by atoms with van der Waals surface area (Å²) in [6, 6.07) is 26.7. The van der Waals surface area contributed by atoms with Crippen LogP contribution in [0.15, 0.2) is 90.1 Å². The second-order valence-electron chi connectivity index (χ2n) is 6.45. The van der Waals surface area contributed by atoms with Crippen molar-refractivity contribution in [1.29, 1.82) is 0 Å². The molecule has 0 radical (unpaired) electrons. The fourth-order valence-corrected chi connectivity index (χ4v) is 3.70. The van der Waals surface area contributed by atoms with E-state index in [1.807, 2.05) is 96.4 Å². The predicted octanol–water partition coefficient (Wildman–Crippen LogP) is 5.10. The first-order chi connectivity index (χ1) is 14.7. The normalized spacial score (nSPS) is 10.6. The highest BCUT2D eigenvalue weighted by atomic mass is 32.2. The Morgan fingerprint density at radius 2 is 1.60 bits per heavy atom. The van der Waals surface area contributed by atoms with Crippen molar-refractivity contribution in [3.63, 3.8) is 0 Å². The molecule has 150 valence electrons. The number of aromatic nitrogens is 3. The molecule has 0 spiro atoms. The van der Waals surface area contributed by atoms with Crippen LogP contribution < -0.4 is 10.1 Å². The minimum atomic E-state index is -0.149. The molecule has 0 aliphatic carbocycles. The van der Waals surface area contributed by atoms with Crippen molar-refractivity contribution in [3.05, 3.63) is 90.8 Å². The van der Waals surface area contributed by atoms with Crippen LogP contribution in [0.25, 0.3) is 5.69 Å². The maximum atomic E-state index is 12.6. The number of ether oxygens (including phenoxy) is 1. The molecule has 4 rings (SSSR count). The number of carbonyl (C=O) groups excluding carboxylic acids is 1. The lowest BCUT2D eigenvalue weighted by molar-refractivity contribution is -0.113. The Labute approximate surface area is 178 Å². The van der Waals surface area contributed by atoms with E-state index in [1.165, 1.54) is 11.8 Å². The molecule has 6 nitrogen and oxygen atoms in total. The fourth-order valence-electron chi connectivity index (χ4n) is 2.90. The lowest BCUT2D eigenvalue weighted by atomic mass is 10.3. The van der Waals surface area contributed by atoms with E-state index in [0.29, 0.717) is 22.3 Å². The summed E-state index contributed by atoms with van der Waals surface area (Å²) in [4.78, 5) is 12.6. The van der Waals surface area contributed by atoms with Gasteiger partial charge in [0.05, 0.1) is 11.4 Å². The molecule has 0 fully saturated rings. The molecule has 3 aromatic carbocycles. The average Bonchev–Trinajstić information content (AvgIpc) is 3.15. The van der Waals surface area contributed by atoms with Crippen LogP contribution in [-0.2, 0) is 4.79 Å². The number of hydrogen-bond donors (Lipinski definition) is 1. The molecule has 0 aliphatic heterocycles. The summed E-state index contributed by atoms with van der Waals surface area (Å²) in [6.45, 7) is 1.89. The molecule has 0 unspecified atom stereocenters. The first kappa shape index (κ1) is 19.7. The number of para-hydroxylation sites is 4. The molecular weight excluding hydrogens is 396 g/mol. The number of aryl methyl sites for hydroxylation is 1. The highest BCUT2D eigenvalue weighted by Gasteiger charge is 2.14. The quantitative estimate of drug-likeness (QED) is 0.425. The van der Waals surface area contributed by atoms with Crippen LogP contribution in [0.4, 0.5) is 5.69 Å². The van der Waals surface area contributed by atoms with Crippen LogP contribution in [0.3, 0.4) is 0 Å². The van der Waals surface area contributed by atoms with Gasteiger partial charge in [0.15, 0.2) is 10.9 Å². The van der Waals surface area contributed by atoms with Crippen LogP contribution in [0, 0.1) is 6.92 Å². The maximum Gasteiger partial charge on any atom is 0.234 e.